The first-order chi connectivity index (χ1) is 15.1. The molecule has 4 rings (SSSR count). The van der Waals surface area contributed by atoms with Crippen LogP contribution in [0.1, 0.15) is 61.0 Å². The summed E-state index contributed by atoms with van der Waals surface area (Å²) in [5, 5.41) is 3.13. The van der Waals surface area contributed by atoms with Crippen molar-refractivity contribution < 1.29 is 9.59 Å². The predicted molar refractivity (Wildman–Crippen MR) is 123 cm³/mol. The number of amides is 2. The molecule has 2 aromatic carbocycles. The minimum absolute atomic E-state index is 0.0364. The summed E-state index contributed by atoms with van der Waals surface area (Å²) in [5.74, 6) is 0.103. The van der Waals surface area contributed by atoms with Crippen molar-refractivity contribution in [2.45, 2.75) is 51.6 Å². The van der Waals surface area contributed by atoms with E-state index in [0.29, 0.717) is 6.54 Å². The van der Waals surface area contributed by atoms with E-state index in [4.69, 9.17) is 0 Å². The minimum atomic E-state index is -0.368. The number of carbonyl (C=O) groups excluding carboxylic acids is 2. The van der Waals surface area contributed by atoms with Gasteiger partial charge in [-0.15, -0.1) is 0 Å². The molecule has 0 bridgehead atoms. The van der Waals surface area contributed by atoms with Crippen LogP contribution >= 0.6 is 0 Å². The Balaban J connectivity index is 1.47. The van der Waals surface area contributed by atoms with Gasteiger partial charge in [0, 0.05) is 19.6 Å². The van der Waals surface area contributed by atoms with E-state index < -0.39 is 0 Å². The molecule has 0 saturated carbocycles. The van der Waals surface area contributed by atoms with Crippen molar-refractivity contribution in [3.05, 3.63) is 70.8 Å². The molecule has 31 heavy (non-hydrogen) atoms. The van der Waals surface area contributed by atoms with Gasteiger partial charge in [0.05, 0.1) is 12.6 Å². The molecular formula is C26H33N3O2. The maximum Gasteiger partial charge on any atom is 0.244 e. The van der Waals surface area contributed by atoms with Crippen molar-refractivity contribution in [3.8, 4) is 0 Å². The number of benzene rings is 2. The number of likely N-dealkylation sites (tertiary alicyclic amines) is 1. The van der Waals surface area contributed by atoms with E-state index in [1.807, 2.05) is 24.0 Å². The topological polar surface area (TPSA) is 52.7 Å². The molecule has 2 aliphatic rings. The minimum Gasteiger partial charge on any atom is -0.348 e. The Labute approximate surface area is 185 Å². The highest BCUT2D eigenvalue weighted by atomic mass is 16.2. The molecule has 2 amide bonds. The summed E-state index contributed by atoms with van der Waals surface area (Å²) in [5.41, 5.74) is 4.67. The molecule has 2 heterocycles. The maximum absolute atomic E-state index is 13.4. The van der Waals surface area contributed by atoms with Crippen LogP contribution in [-0.2, 0) is 22.4 Å². The normalized spacial score (nSPS) is 19.7. The number of nitrogens with one attached hydrogen (secondary N) is 1. The molecule has 2 aliphatic heterocycles. The van der Waals surface area contributed by atoms with Gasteiger partial charge in [-0.3, -0.25) is 14.5 Å². The molecule has 0 radical (unpaired) electrons. The lowest BCUT2D eigenvalue weighted by molar-refractivity contribution is -0.137. The van der Waals surface area contributed by atoms with E-state index in [-0.39, 0.29) is 30.4 Å². The standard InChI is InChI=1S/C26H33N3O2/c1-3-20-10-12-21(13-11-20)19(2)27-24(30)18-29-17-14-22-8-4-5-9-23(22)25(29)26(31)28-15-6-7-16-28/h4-5,8-13,19,25H,3,6-7,14-18H2,1-2H3,(H,27,30)/t19-,25-/m1/s1. The molecule has 1 fully saturated rings. The van der Waals surface area contributed by atoms with Crippen LogP contribution in [0, 0.1) is 0 Å². The molecule has 0 aromatic heterocycles. The van der Waals surface area contributed by atoms with Gasteiger partial charge in [0.15, 0.2) is 0 Å². The van der Waals surface area contributed by atoms with Gasteiger partial charge in [-0.1, -0.05) is 55.5 Å². The van der Waals surface area contributed by atoms with E-state index >= 15 is 0 Å². The number of aryl methyl sites for hydroxylation is 1. The van der Waals surface area contributed by atoms with Crippen LogP contribution in [-0.4, -0.2) is 47.8 Å². The number of carbonyl (C=O) groups is 2. The summed E-state index contributed by atoms with van der Waals surface area (Å²) in [4.78, 5) is 30.4. The largest absolute Gasteiger partial charge is 0.348 e. The summed E-state index contributed by atoms with van der Waals surface area (Å²) in [7, 11) is 0. The average Bonchev–Trinajstić information content (AvgIpc) is 3.33. The van der Waals surface area contributed by atoms with E-state index in [1.165, 1.54) is 11.1 Å². The molecule has 164 valence electrons. The molecule has 2 aromatic rings. The first kappa shape index (κ1) is 21.6. The third-order valence-electron chi connectivity index (χ3n) is 6.65. The molecule has 0 aliphatic carbocycles. The van der Waals surface area contributed by atoms with Crippen LogP contribution in [0.3, 0.4) is 0 Å². The highest BCUT2D eigenvalue weighted by Crippen LogP contribution is 2.32. The Morgan fingerprint density at radius 1 is 1.03 bits per heavy atom. The van der Waals surface area contributed by atoms with Gasteiger partial charge >= 0.3 is 0 Å². The Morgan fingerprint density at radius 3 is 2.45 bits per heavy atom. The maximum atomic E-state index is 13.4. The fourth-order valence-corrected chi connectivity index (χ4v) is 4.79. The van der Waals surface area contributed by atoms with Gasteiger partial charge in [0.25, 0.3) is 0 Å². The first-order valence-electron chi connectivity index (χ1n) is 11.6. The Bertz CT molecular complexity index is 919. The Morgan fingerprint density at radius 2 is 1.74 bits per heavy atom. The zero-order chi connectivity index (χ0) is 21.8. The van der Waals surface area contributed by atoms with Crippen LogP contribution in [0.25, 0.3) is 0 Å². The van der Waals surface area contributed by atoms with Crippen LogP contribution < -0.4 is 5.32 Å². The zero-order valence-electron chi connectivity index (χ0n) is 18.6. The highest BCUT2D eigenvalue weighted by molar-refractivity contribution is 5.86. The number of fused-ring (bicyclic) bond motifs is 1. The fraction of sp³-hybridized carbons (Fsp3) is 0.462. The second-order valence-electron chi connectivity index (χ2n) is 8.74. The van der Waals surface area contributed by atoms with Crippen molar-refractivity contribution >= 4 is 11.8 Å². The second-order valence-corrected chi connectivity index (χ2v) is 8.74. The van der Waals surface area contributed by atoms with Crippen molar-refractivity contribution in [2.75, 3.05) is 26.2 Å². The lowest BCUT2D eigenvalue weighted by Gasteiger charge is -2.38. The van der Waals surface area contributed by atoms with Gasteiger partial charge in [0.1, 0.15) is 6.04 Å². The fourth-order valence-electron chi connectivity index (χ4n) is 4.79. The van der Waals surface area contributed by atoms with Crippen molar-refractivity contribution in [3.63, 3.8) is 0 Å². The lowest BCUT2D eigenvalue weighted by Crippen LogP contribution is -2.49. The molecule has 0 spiro atoms. The third-order valence-corrected chi connectivity index (χ3v) is 6.65. The number of rotatable bonds is 6. The molecule has 1 saturated heterocycles. The SMILES string of the molecule is CCc1ccc([C@@H](C)NC(=O)CN2CCc3ccccc3[C@@H]2C(=O)N2CCCC2)cc1. The van der Waals surface area contributed by atoms with E-state index in [2.05, 4.69) is 53.5 Å². The van der Waals surface area contributed by atoms with Crippen LogP contribution in [0.4, 0.5) is 0 Å². The van der Waals surface area contributed by atoms with Crippen LogP contribution in [0.5, 0.6) is 0 Å². The molecule has 5 nitrogen and oxygen atoms in total. The van der Waals surface area contributed by atoms with E-state index in [9.17, 15) is 9.59 Å². The summed E-state index contributed by atoms with van der Waals surface area (Å²) in [6.07, 6.45) is 4.00. The van der Waals surface area contributed by atoms with Crippen LogP contribution in [0.2, 0.25) is 0 Å². The van der Waals surface area contributed by atoms with E-state index in [0.717, 1.165) is 49.9 Å². The van der Waals surface area contributed by atoms with Gasteiger partial charge in [-0.2, -0.15) is 0 Å². The number of hydrogen-bond donors (Lipinski definition) is 1. The molecule has 2 atom stereocenters. The first-order valence-corrected chi connectivity index (χ1v) is 11.6. The van der Waals surface area contributed by atoms with Gasteiger partial charge in [-0.05, 0) is 54.9 Å². The van der Waals surface area contributed by atoms with Crippen LogP contribution in [0.15, 0.2) is 48.5 Å². The monoisotopic (exact) mass is 419 g/mol. The molecule has 0 unspecified atom stereocenters. The predicted octanol–water partition coefficient (Wildman–Crippen LogP) is 3.65. The summed E-state index contributed by atoms with van der Waals surface area (Å²) in [6.45, 7) is 6.74. The summed E-state index contributed by atoms with van der Waals surface area (Å²) >= 11 is 0. The lowest BCUT2D eigenvalue weighted by atomic mass is 9.91. The smallest absolute Gasteiger partial charge is 0.244 e. The quantitative estimate of drug-likeness (QED) is 0.778. The summed E-state index contributed by atoms with van der Waals surface area (Å²) < 4.78 is 0. The Hall–Kier alpha value is -2.66. The van der Waals surface area contributed by atoms with Gasteiger partial charge in [-0.25, -0.2) is 0 Å². The third kappa shape index (κ3) is 4.82. The second kappa shape index (κ2) is 9.65. The zero-order valence-corrected chi connectivity index (χ0v) is 18.6. The molecule has 1 N–H and O–H groups in total. The number of hydrogen-bond acceptors (Lipinski definition) is 3. The van der Waals surface area contributed by atoms with Gasteiger partial charge < -0.3 is 10.2 Å². The highest BCUT2D eigenvalue weighted by Gasteiger charge is 2.37. The van der Waals surface area contributed by atoms with E-state index in [1.54, 1.807) is 0 Å². The molecular weight excluding hydrogens is 386 g/mol. The summed E-state index contributed by atoms with van der Waals surface area (Å²) in [6, 6.07) is 16.2. The average molecular weight is 420 g/mol. The number of nitrogens with zero attached hydrogens (tertiary/aromatic N) is 2. The van der Waals surface area contributed by atoms with Gasteiger partial charge in [0.2, 0.25) is 11.8 Å². The van der Waals surface area contributed by atoms with Crippen molar-refractivity contribution in [1.29, 1.82) is 0 Å². The molecule has 5 heteroatoms. The van der Waals surface area contributed by atoms with Crippen molar-refractivity contribution in [2.24, 2.45) is 0 Å². The van der Waals surface area contributed by atoms with Crippen molar-refractivity contribution in [1.82, 2.24) is 15.1 Å². The Kier molecular flexibility index (Phi) is 6.71.